The largest absolute Gasteiger partial charge is 0.462 e. The van der Waals surface area contributed by atoms with Crippen molar-refractivity contribution in [3.8, 4) is 0 Å². The summed E-state index contributed by atoms with van der Waals surface area (Å²) in [5.74, 6) is -0.880. The number of hydrogen-bond acceptors (Lipinski definition) is 6. The summed E-state index contributed by atoms with van der Waals surface area (Å²) < 4.78 is 16.9. The van der Waals surface area contributed by atoms with Crippen molar-refractivity contribution in [3.63, 3.8) is 0 Å². The summed E-state index contributed by atoms with van der Waals surface area (Å²) in [7, 11) is 0. The lowest BCUT2D eigenvalue weighted by Gasteiger charge is -2.18. The fourth-order valence-corrected chi connectivity index (χ4v) is 9.99. The Kier molecular flexibility index (Phi) is 61.1. The normalized spacial score (nSPS) is 12.2. The molecule has 0 spiro atoms. The predicted octanol–water partition coefficient (Wildman–Crippen LogP) is 22.4. The number of esters is 3. The van der Waals surface area contributed by atoms with Crippen LogP contribution in [0, 0.1) is 0 Å². The van der Waals surface area contributed by atoms with E-state index in [1.165, 1.54) is 238 Å². The van der Waals surface area contributed by atoms with E-state index in [2.05, 4.69) is 57.2 Å². The number of allylic oxidation sites excluding steroid dienone is 6. The van der Waals surface area contributed by atoms with Gasteiger partial charge in [0.15, 0.2) is 6.10 Å². The van der Waals surface area contributed by atoms with Crippen LogP contribution in [0.2, 0.25) is 0 Å². The minimum Gasteiger partial charge on any atom is -0.462 e. The van der Waals surface area contributed by atoms with Gasteiger partial charge in [0, 0.05) is 19.3 Å². The third kappa shape index (κ3) is 60.5. The van der Waals surface area contributed by atoms with Crippen LogP contribution >= 0.6 is 0 Å². The minimum atomic E-state index is -0.781. The molecule has 0 aromatic heterocycles. The highest BCUT2D eigenvalue weighted by molar-refractivity contribution is 5.71. The fraction of sp³-hybridized carbons (Fsp3) is 0.868. The van der Waals surface area contributed by atoms with Gasteiger partial charge >= 0.3 is 17.9 Å². The van der Waals surface area contributed by atoms with Gasteiger partial charge in [-0.05, 0) is 51.4 Å². The lowest BCUT2D eigenvalue weighted by molar-refractivity contribution is -0.167. The molecule has 0 heterocycles. The highest BCUT2D eigenvalue weighted by atomic mass is 16.6. The topological polar surface area (TPSA) is 78.9 Å². The summed E-state index contributed by atoms with van der Waals surface area (Å²) in [5, 5.41) is 0. The molecule has 0 amide bonds. The Morgan fingerprint density at radius 3 is 0.824 bits per heavy atom. The van der Waals surface area contributed by atoms with Crippen molar-refractivity contribution in [1.82, 2.24) is 0 Å². The molecule has 6 heteroatoms. The monoisotopic (exact) mass is 1040 g/mol. The molecule has 0 saturated heterocycles. The first-order valence-electron chi connectivity index (χ1n) is 33.0. The van der Waals surface area contributed by atoms with E-state index >= 15 is 0 Å². The zero-order chi connectivity index (χ0) is 53.6. The second-order valence-corrected chi connectivity index (χ2v) is 22.4. The Morgan fingerprint density at radius 1 is 0.284 bits per heavy atom. The van der Waals surface area contributed by atoms with Crippen molar-refractivity contribution < 1.29 is 28.6 Å². The zero-order valence-electron chi connectivity index (χ0n) is 49.9. The van der Waals surface area contributed by atoms with Gasteiger partial charge in [-0.15, -0.1) is 0 Å². The van der Waals surface area contributed by atoms with Gasteiger partial charge in [0.25, 0.3) is 0 Å². The summed E-state index contributed by atoms with van der Waals surface area (Å²) in [4.78, 5) is 38.3. The average molecular weight is 1040 g/mol. The third-order valence-corrected chi connectivity index (χ3v) is 14.9. The molecular weight excluding hydrogens is 913 g/mol. The van der Waals surface area contributed by atoms with Crippen molar-refractivity contribution in [3.05, 3.63) is 36.5 Å². The van der Waals surface area contributed by atoms with E-state index in [9.17, 15) is 14.4 Å². The molecule has 1 atom stereocenters. The van der Waals surface area contributed by atoms with Gasteiger partial charge in [-0.3, -0.25) is 14.4 Å². The maximum atomic E-state index is 12.9. The molecule has 0 aliphatic rings. The standard InChI is InChI=1S/C68H126O6/c1-4-7-10-13-16-19-22-25-27-29-31-33-35-36-38-40-43-46-49-52-55-58-61-67(70)73-64-65(63-72-66(69)60-57-54-51-48-45-42-24-21-18-15-12-9-6-3)74-68(71)62-59-56-53-50-47-44-41-39-37-34-32-30-28-26-23-20-17-14-11-8-5-2/h9,12,18,21,42,45,65H,4-8,10-11,13-17,19-20,22-41,43-44,46-64H2,1-3H3/b12-9-,21-18-,45-42-. The predicted molar refractivity (Wildman–Crippen MR) is 321 cm³/mol. The molecule has 0 saturated carbocycles. The molecule has 0 aromatic carbocycles. The number of hydrogen-bond donors (Lipinski definition) is 0. The van der Waals surface area contributed by atoms with Crippen LogP contribution in [-0.2, 0) is 28.6 Å². The van der Waals surface area contributed by atoms with Crippen molar-refractivity contribution >= 4 is 17.9 Å². The second kappa shape index (κ2) is 63.2. The van der Waals surface area contributed by atoms with Gasteiger partial charge in [0.05, 0.1) is 0 Å². The second-order valence-electron chi connectivity index (χ2n) is 22.4. The zero-order valence-corrected chi connectivity index (χ0v) is 49.9. The summed E-state index contributed by atoms with van der Waals surface area (Å²) in [5.41, 5.74) is 0. The van der Waals surface area contributed by atoms with Crippen molar-refractivity contribution in [2.45, 2.75) is 367 Å². The lowest BCUT2D eigenvalue weighted by Crippen LogP contribution is -2.30. The van der Waals surface area contributed by atoms with Crippen LogP contribution in [0.15, 0.2) is 36.5 Å². The van der Waals surface area contributed by atoms with E-state index in [4.69, 9.17) is 14.2 Å². The van der Waals surface area contributed by atoms with Crippen molar-refractivity contribution in [1.29, 1.82) is 0 Å². The highest BCUT2D eigenvalue weighted by Gasteiger charge is 2.19. The number of unbranched alkanes of at least 4 members (excludes halogenated alkanes) is 44. The minimum absolute atomic E-state index is 0.0760. The van der Waals surface area contributed by atoms with Crippen LogP contribution in [0.4, 0.5) is 0 Å². The molecule has 0 N–H and O–H groups in total. The molecule has 0 aliphatic carbocycles. The summed E-state index contributed by atoms with van der Waals surface area (Å²) in [6, 6.07) is 0. The lowest BCUT2D eigenvalue weighted by atomic mass is 10.0. The van der Waals surface area contributed by atoms with E-state index in [1.807, 2.05) is 0 Å². The van der Waals surface area contributed by atoms with Crippen LogP contribution in [0.5, 0.6) is 0 Å². The fourth-order valence-electron chi connectivity index (χ4n) is 9.99. The Morgan fingerprint density at radius 2 is 0.527 bits per heavy atom. The molecular formula is C68H126O6. The molecule has 0 radical (unpaired) electrons. The van der Waals surface area contributed by atoms with Gasteiger partial charge in [0.2, 0.25) is 0 Å². The first-order chi connectivity index (χ1) is 36.5. The van der Waals surface area contributed by atoms with Gasteiger partial charge in [-0.1, -0.05) is 327 Å². The Balaban J connectivity index is 4.26. The highest BCUT2D eigenvalue weighted by Crippen LogP contribution is 2.18. The van der Waals surface area contributed by atoms with Gasteiger partial charge in [-0.25, -0.2) is 0 Å². The van der Waals surface area contributed by atoms with Crippen LogP contribution in [0.1, 0.15) is 361 Å². The SMILES string of the molecule is CC/C=C\C/C=C\C/C=C\CCCCCC(=O)OCC(COC(=O)CCCCCCCCCCCCCCCCCCCCCCCC)OC(=O)CCCCCCCCCCCCCCCCCCCCCCC. The number of ether oxygens (including phenoxy) is 3. The molecule has 6 nitrogen and oxygen atoms in total. The van der Waals surface area contributed by atoms with Crippen LogP contribution in [-0.4, -0.2) is 37.2 Å². The molecule has 434 valence electrons. The maximum absolute atomic E-state index is 12.9. The summed E-state index contributed by atoms with van der Waals surface area (Å²) in [6.07, 6.45) is 77.4. The number of carbonyl (C=O) groups is 3. The van der Waals surface area contributed by atoms with E-state index in [-0.39, 0.29) is 31.1 Å². The first-order valence-corrected chi connectivity index (χ1v) is 33.0. The average Bonchev–Trinajstić information content (AvgIpc) is 3.40. The Labute approximate surface area is 461 Å². The molecule has 0 rings (SSSR count). The van der Waals surface area contributed by atoms with Crippen LogP contribution in [0.3, 0.4) is 0 Å². The number of carbonyl (C=O) groups excluding carboxylic acids is 3. The van der Waals surface area contributed by atoms with E-state index in [0.29, 0.717) is 19.3 Å². The quantitative estimate of drug-likeness (QED) is 0.0261. The summed E-state index contributed by atoms with van der Waals surface area (Å²) >= 11 is 0. The smallest absolute Gasteiger partial charge is 0.306 e. The number of rotatable bonds is 61. The van der Waals surface area contributed by atoms with E-state index in [0.717, 1.165) is 83.5 Å². The van der Waals surface area contributed by atoms with E-state index in [1.54, 1.807) is 0 Å². The molecule has 0 aromatic rings. The van der Waals surface area contributed by atoms with Crippen molar-refractivity contribution in [2.75, 3.05) is 13.2 Å². The van der Waals surface area contributed by atoms with Gasteiger partial charge in [0.1, 0.15) is 13.2 Å². The maximum Gasteiger partial charge on any atom is 0.306 e. The molecule has 0 fully saturated rings. The molecule has 74 heavy (non-hydrogen) atoms. The summed E-state index contributed by atoms with van der Waals surface area (Å²) in [6.45, 7) is 6.57. The Bertz CT molecular complexity index is 1240. The van der Waals surface area contributed by atoms with Crippen molar-refractivity contribution in [2.24, 2.45) is 0 Å². The third-order valence-electron chi connectivity index (χ3n) is 14.9. The van der Waals surface area contributed by atoms with Crippen LogP contribution < -0.4 is 0 Å². The first kappa shape index (κ1) is 71.6. The Hall–Kier alpha value is -2.37. The molecule has 0 aliphatic heterocycles. The van der Waals surface area contributed by atoms with E-state index < -0.39 is 6.10 Å². The molecule has 0 bridgehead atoms. The van der Waals surface area contributed by atoms with Crippen LogP contribution in [0.25, 0.3) is 0 Å². The molecule has 1 unspecified atom stereocenters. The van der Waals surface area contributed by atoms with Gasteiger partial charge in [-0.2, -0.15) is 0 Å². The van der Waals surface area contributed by atoms with Gasteiger partial charge < -0.3 is 14.2 Å².